The van der Waals surface area contributed by atoms with Crippen LogP contribution in [-0.4, -0.2) is 23.4 Å². The van der Waals surface area contributed by atoms with Crippen LogP contribution >= 0.6 is 11.3 Å². The lowest BCUT2D eigenvalue weighted by atomic mass is 10.0. The number of nitrogens with zero attached hydrogens (tertiary/aromatic N) is 1. The summed E-state index contributed by atoms with van der Waals surface area (Å²) in [6.07, 6.45) is 1.46. The summed E-state index contributed by atoms with van der Waals surface area (Å²) in [5.74, 6) is -0.0522. The van der Waals surface area contributed by atoms with E-state index in [1.54, 1.807) is 11.3 Å². The molecular formula is C25H23N3O3S. The molecule has 0 saturated heterocycles. The molecule has 0 unspecified atom stereocenters. The number of fused-ring (bicyclic) bond motifs is 1. The Labute approximate surface area is 190 Å². The van der Waals surface area contributed by atoms with Crippen LogP contribution in [0.4, 0.5) is 0 Å². The van der Waals surface area contributed by atoms with Gasteiger partial charge in [0.25, 0.3) is 5.91 Å². The van der Waals surface area contributed by atoms with Gasteiger partial charge in [-0.15, -0.1) is 11.3 Å². The van der Waals surface area contributed by atoms with Crippen LogP contribution in [0.2, 0.25) is 0 Å². The van der Waals surface area contributed by atoms with Crippen LogP contribution in [0.1, 0.15) is 22.6 Å². The third kappa shape index (κ3) is 5.92. The van der Waals surface area contributed by atoms with E-state index in [4.69, 9.17) is 4.74 Å². The van der Waals surface area contributed by atoms with E-state index in [1.807, 2.05) is 78.9 Å². The summed E-state index contributed by atoms with van der Waals surface area (Å²) in [6.45, 7) is -0.191. The smallest absolute Gasteiger partial charge is 0.276 e. The zero-order valence-electron chi connectivity index (χ0n) is 17.4. The average molecular weight is 446 g/mol. The Morgan fingerprint density at radius 2 is 1.56 bits per heavy atom. The summed E-state index contributed by atoms with van der Waals surface area (Å²) in [5.41, 5.74) is 7.93. The van der Waals surface area contributed by atoms with Gasteiger partial charge in [-0.2, -0.15) is 0 Å². The summed E-state index contributed by atoms with van der Waals surface area (Å²) in [5, 5.41) is 0.894. The highest BCUT2D eigenvalue weighted by molar-refractivity contribution is 7.18. The van der Waals surface area contributed by atoms with Gasteiger partial charge in [-0.25, -0.2) is 4.98 Å². The van der Waals surface area contributed by atoms with Gasteiger partial charge in [-0.3, -0.25) is 20.4 Å². The second kappa shape index (κ2) is 10.5. The molecule has 0 aliphatic heterocycles. The van der Waals surface area contributed by atoms with Gasteiger partial charge in [0, 0.05) is 19.3 Å². The van der Waals surface area contributed by atoms with Gasteiger partial charge in [0.1, 0.15) is 5.75 Å². The Bertz CT molecular complexity index is 1170. The quantitative estimate of drug-likeness (QED) is 0.401. The van der Waals surface area contributed by atoms with E-state index < -0.39 is 5.91 Å². The first kappa shape index (κ1) is 21.5. The second-order valence-corrected chi connectivity index (χ2v) is 8.35. The number of hydrazine groups is 1. The standard InChI is InChI=1S/C25H23N3O3S/c29-23(14-15-25-26-20-11-5-7-13-22(20)32-25)27-28-24(30)17-31-21-12-6-4-10-19(21)16-18-8-2-1-3-9-18/h1-13H,14-17H2,(H,27,29)(H,28,30). The number of ether oxygens (including phenoxy) is 1. The monoisotopic (exact) mass is 445 g/mol. The van der Waals surface area contributed by atoms with Crippen molar-refractivity contribution in [2.45, 2.75) is 19.3 Å². The molecule has 3 aromatic carbocycles. The normalized spacial score (nSPS) is 10.6. The fraction of sp³-hybridized carbons (Fsp3) is 0.160. The Hall–Kier alpha value is -3.71. The minimum atomic E-state index is -0.423. The molecule has 0 spiro atoms. The third-order valence-electron chi connectivity index (χ3n) is 4.81. The van der Waals surface area contributed by atoms with Crippen LogP contribution in [0.3, 0.4) is 0 Å². The third-order valence-corrected chi connectivity index (χ3v) is 5.91. The Morgan fingerprint density at radius 1 is 0.844 bits per heavy atom. The minimum Gasteiger partial charge on any atom is -0.483 e. The highest BCUT2D eigenvalue weighted by Crippen LogP contribution is 2.23. The van der Waals surface area contributed by atoms with Crippen LogP contribution in [0.25, 0.3) is 10.2 Å². The number of aryl methyl sites for hydroxylation is 1. The van der Waals surface area contributed by atoms with E-state index in [0.29, 0.717) is 18.6 Å². The lowest BCUT2D eigenvalue weighted by Gasteiger charge is -2.12. The van der Waals surface area contributed by atoms with Crippen molar-refractivity contribution in [2.75, 3.05) is 6.61 Å². The number of hydrogen-bond acceptors (Lipinski definition) is 5. The molecule has 6 nitrogen and oxygen atoms in total. The van der Waals surface area contributed by atoms with Crippen molar-refractivity contribution < 1.29 is 14.3 Å². The van der Waals surface area contributed by atoms with Crippen LogP contribution in [0.15, 0.2) is 78.9 Å². The molecule has 0 saturated carbocycles. The highest BCUT2D eigenvalue weighted by atomic mass is 32.1. The number of carbonyl (C=O) groups excluding carboxylic acids is 2. The molecule has 0 atom stereocenters. The second-order valence-electron chi connectivity index (χ2n) is 7.23. The lowest BCUT2D eigenvalue weighted by molar-refractivity contribution is -0.130. The number of carbonyl (C=O) groups is 2. The molecule has 4 rings (SSSR count). The maximum absolute atomic E-state index is 12.1. The van der Waals surface area contributed by atoms with E-state index >= 15 is 0 Å². The van der Waals surface area contributed by atoms with Gasteiger partial charge in [-0.1, -0.05) is 60.7 Å². The molecule has 2 N–H and O–H groups in total. The van der Waals surface area contributed by atoms with Gasteiger partial charge in [0.15, 0.2) is 6.61 Å². The van der Waals surface area contributed by atoms with Crippen LogP contribution < -0.4 is 15.6 Å². The zero-order valence-corrected chi connectivity index (χ0v) is 18.2. The molecule has 0 radical (unpaired) electrons. The zero-order chi connectivity index (χ0) is 22.2. The Kier molecular flexibility index (Phi) is 7.09. The number of hydrogen-bond donors (Lipinski definition) is 2. The van der Waals surface area contributed by atoms with Crippen LogP contribution in [0.5, 0.6) is 5.75 Å². The van der Waals surface area contributed by atoms with Gasteiger partial charge < -0.3 is 4.74 Å². The molecule has 0 bridgehead atoms. The number of aromatic nitrogens is 1. The summed E-state index contributed by atoms with van der Waals surface area (Å²) >= 11 is 1.57. The molecule has 162 valence electrons. The SMILES string of the molecule is O=C(CCc1nc2ccccc2s1)NNC(=O)COc1ccccc1Cc1ccccc1. The molecule has 32 heavy (non-hydrogen) atoms. The van der Waals surface area contributed by atoms with Crippen molar-refractivity contribution in [2.24, 2.45) is 0 Å². The van der Waals surface area contributed by atoms with E-state index in [2.05, 4.69) is 15.8 Å². The van der Waals surface area contributed by atoms with Crippen molar-refractivity contribution in [1.82, 2.24) is 15.8 Å². The van der Waals surface area contributed by atoms with Crippen LogP contribution in [0, 0.1) is 0 Å². The molecule has 0 fully saturated rings. The maximum Gasteiger partial charge on any atom is 0.276 e. The average Bonchev–Trinajstić information content (AvgIpc) is 3.24. The Balaban J connectivity index is 1.22. The number of rotatable bonds is 8. The van der Waals surface area contributed by atoms with Gasteiger partial charge in [0.05, 0.1) is 15.2 Å². The maximum atomic E-state index is 12.1. The minimum absolute atomic E-state index is 0.191. The first-order chi connectivity index (χ1) is 15.7. The molecule has 0 aliphatic rings. The van der Waals surface area contributed by atoms with Gasteiger partial charge >= 0.3 is 0 Å². The largest absolute Gasteiger partial charge is 0.483 e. The Morgan fingerprint density at radius 3 is 2.41 bits per heavy atom. The summed E-state index contributed by atoms with van der Waals surface area (Å²) in [6, 6.07) is 25.5. The fourth-order valence-electron chi connectivity index (χ4n) is 3.24. The molecule has 2 amide bonds. The van der Waals surface area contributed by atoms with Crippen molar-refractivity contribution in [1.29, 1.82) is 0 Å². The lowest BCUT2D eigenvalue weighted by Crippen LogP contribution is -2.43. The molecule has 1 aromatic heterocycles. The fourth-order valence-corrected chi connectivity index (χ4v) is 4.20. The van der Waals surface area contributed by atoms with E-state index in [0.717, 1.165) is 26.4 Å². The predicted octanol–water partition coefficient (Wildman–Crippen LogP) is 4.05. The number of amides is 2. The molecular weight excluding hydrogens is 422 g/mol. The van der Waals surface area contributed by atoms with Crippen molar-refractivity contribution >= 4 is 33.4 Å². The summed E-state index contributed by atoms with van der Waals surface area (Å²) in [7, 11) is 0. The topological polar surface area (TPSA) is 80.3 Å². The molecule has 4 aromatic rings. The van der Waals surface area contributed by atoms with E-state index in [-0.39, 0.29) is 18.9 Å². The number of para-hydroxylation sites is 2. The number of benzene rings is 3. The van der Waals surface area contributed by atoms with Crippen LogP contribution in [-0.2, 0) is 22.4 Å². The summed E-state index contributed by atoms with van der Waals surface area (Å²) < 4.78 is 6.79. The van der Waals surface area contributed by atoms with Crippen molar-refractivity contribution in [3.63, 3.8) is 0 Å². The summed E-state index contributed by atoms with van der Waals surface area (Å²) in [4.78, 5) is 28.7. The highest BCUT2D eigenvalue weighted by Gasteiger charge is 2.10. The molecule has 0 aliphatic carbocycles. The van der Waals surface area contributed by atoms with Gasteiger partial charge in [-0.05, 0) is 29.3 Å². The van der Waals surface area contributed by atoms with E-state index in [1.165, 1.54) is 0 Å². The predicted molar refractivity (Wildman–Crippen MR) is 125 cm³/mol. The van der Waals surface area contributed by atoms with Gasteiger partial charge in [0.2, 0.25) is 5.91 Å². The molecule has 7 heteroatoms. The number of nitrogens with one attached hydrogen (secondary N) is 2. The number of thiazole rings is 1. The van der Waals surface area contributed by atoms with Crippen molar-refractivity contribution in [3.05, 3.63) is 95.0 Å². The van der Waals surface area contributed by atoms with E-state index in [9.17, 15) is 9.59 Å². The van der Waals surface area contributed by atoms with Crippen molar-refractivity contribution in [3.8, 4) is 5.75 Å². The first-order valence-electron chi connectivity index (χ1n) is 10.3. The first-order valence-corrected chi connectivity index (χ1v) is 11.2. The molecule has 1 heterocycles.